The highest BCUT2D eigenvalue weighted by atomic mass is 32.1. The monoisotopic (exact) mass is 227 g/mol. The maximum Gasteiger partial charge on any atom is 0.217 e. The normalized spacial score (nSPS) is 10.4. The summed E-state index contributed by atoms with van der Waals surface area (Å²) in [5.74, 6) is -0.225. The van der Waals surface area contributed by atoms with Crippen molar-refractivity contribution in [3.8, 4) is 0 Å². The van der Waals surface area contributed by atoms with Gasteiger partial charge >= 0.3 is 0 Å². The second-order valence-corrected chi connectivity index (χ2v) is 4.40. The van der Waals surface area contributed by atoms with Crippen LogP contribution >= 0.6 is 11.3 Å². The van der Waals surface area contributed by atoms with Crippen molar-refractivity contribution in [1.82, 2.24) is 5.32 Å². The second kappa shape index (κ2) is 6.42. The van der Waals surface area contributed by atoms with Gasteiger partial charge in [0.15, 0.2) is 0 Å². The van der Waals surface area contributed by atoms with Crippen molar-refractivity contribution in [2.45, 2.75) is 25.8 Å². The molecule has 0 saturated carbocycles. The lowest BCUT2D eigenvalue weighted by Crippen LogP contribution is -2.16. The van der Waals surface area contributed by atoms with Crippen molar-refractivity contribution >= 4 is 22.9 Å². The molecule has 1 heterocycles. The van der Waals surface area contributed by atoms with Gasteiger partial charge in [0.1, 0.15) is 0 Å². The fraction of sp³-hybridized carbons (Fsp3) is 0.500. The van der Waals surface area contributed by atoms with Crippen molar-refractivity contribution in [2.75, 3.05) is 12.3 Å². The average molecular weight is 227 g/mol. The van der Waals surface area contributed by atoms with Crippen LogP contribution in [0.2, 0.25) is 0 Å². The van der Waals surface area contributed by atoms with E-state index in [-0.39, 0.29) is 5.91 Å². The number of hydrogen-bond donors (Lipinski definition) is 3. The molecular formula is C10H17N3OS. The van der Waals surface area contributed by atoms with Crippen molar-refractivity contribution < 1.29 is 4.79 Å². The molecule has 5 heteroatoms. The molecule has 0 aromatic carbocycles. The van der Waals surface area contributed by atoms with E-state index in [0.717, 1.165) is 31.6 Å². The third kappa shape index (κ3) is 4.80. The fourth-order valence-corrected chi connectivity index (χ4v) is 2.01. The minimum absolute atomic E-state index is 0.225. The van der Waals surface area contributed by atoms with Gasteiger partial charge in [-0.1, -0.05) is 0 Å². The summed E-state index contributed by atoms with van der Waals surface area (Å²) in [7, 11) is 0. The molecule has 0 saturated heterocycles. The van der Waals surface area contributed by atoms with Crippen molar-refractivity contribution in [3.05, 3.63) is 16.3 Å². The average Bonchev–Trinajstić information content (AvgIpc) is 2.57. The van der Waals surface area contributed by atoms with E-state index in [2.05, 4.69) is 5.32 Å². The van der Waals surface area contributed by atoms with Gasteiger partial charge in [-0.15, -0.1) is 11.3 Å². The van der Waals surface area contributed by atoms with E-state index in [4.69, 9.17) is 11.5 Å². The Morgan fingerprint density at radius 3 is 2.87 bits per heavy atom. The third-order valence-electron chi connectivity index (χ3n) is 2.09. The Kier molecular flexibility index (Phi) is 5.14. The number of thiophene rings is 1. The van der Waals surface area contributed by atoms with Crippen LogP contribution in [-0.2, 0) is 11.3 Å². The van der Waals surface area contributed by atoms with E-state index in [0.29, 0.717) is 6.42 Å². The lowest BCUT2D eigenvalue weighted by Gasteiger charge is -2.03. The zero-order chi connectivity index (χ0) is 11.1. The summed E-state index contributed by atoms with van der Waals surface area (Å²) < 4.78 is 0. The smallest absolute Gasteiger partial charge is 0.217 e. The lowest BCUT2D eigenvalue weighted by molar-refractivity contribution is -0.118. The number of anilines is 1. The SMILES string of the molecule is NC(=O)CCCCNCc1sccc1N. The third-order valence-corrected chi connectivity index (χ3v) is 3.03. The van der Waals surface area contributed by atoms with Crippen LogP contribution in [0.4, 0.5) is 5.69 Å². The standard InChI is InChI=1S/C10H17N3OS/c11-8-4-6-15-9(8)7-13-5-2-1-3-10(12)14/h4,6,13H,1-3,5,7,11H2,(H2,12,14). The van der Waals surface area contributed by atoms with Gasteiger partial charge < -0.3 is 16.8 Å². The number of nitrogens with two attached hydrogens (primary N) is 2. The molecule has 0 unspecified atom stereocenters. The zero-order valence-corrected chi connectivity index (χ0v) is 9.48. The second-order valence-electron chi connectivity index (χ2n) is 3.40. The lowest BCUT2D eigenvalue weighted by atomic mass is 10.2. The van der Waals surface area contributed by atoms with E-state index in [9.17, 15) is 4.79 Å². The molecule has 0 fully saturated rings. The predicted molar refractivity (Wildman–Crippen MR) is 63.5 cm³/mol. The first kappa shape index (κ1) is 12.0. The summed E-state index contributed by atoms with van der Waals surface area (Å²) in [6.45, 7) is 1.70. The van der Waals surface area contributed by atoms with Crippen LogP contribution in [0.25, 0.3) is 0 Å². The van der Waals surface area contributed by atoms with Gasteiger partial charge in [0, 0.05) is 23.5 Å². The Morgan fingerprint density at radius 1 is 1.47 bits per heavy atom. The fourth-order valence-electron chi connectivity index (χ4n) is 1.25. The molecule has 0 atom stereocenters. The minimum atomic E-state index is -0.225. The van der Waals surface area contributed by atoms with E-state index in [1.54, 1.807) is 11.3 Å². The largest absolute Gasteiger partial charge is 0.398 e. The minimum Gasteiger partial charge on any atom is -0.398 e. The van der Waals surface area contributed by atoms with Gasteiger partial charge in [0.2, 0.25) is 5.91 Å². The Balaban J connectivity index is 2.03. The highest BCUT2D eigenvalue weighted by Gasteiger charge is 1.99. The summed E-state index contributed by atoms with van der Waals surface area (Å²) in [4.78, 5) is 11.6. The molecule has 0 aliphatic heterocycles. The number of hydrogen-bond acceptors (Lipinski definition) is 4. The highest BCUT2D eigenvalue weighted by molar-refractivity contribution is 7.10. The Hall–Kier alpha value is -1.07. The number of carbonyl (C=O) groups excluding carboxylic acids is 1. The predicted octanol–water partition coefficient (Wildman–Crippen LogP) is 1.08. The van der Waals surface area contributed by atoms with Gasteiger partial charge in [-0.05, 0) is 30.8 Å². The molecule has 0 radical (unpaired) electrons. The van der Waals surface area contributed by atoms with Crippen LogP contribution in [0.3, 0.4) is 0 Å². The summed E-state index contributed by atoms with van der Waals surface area (Å²) in [5.41, 5.74) is 11.6. The van der Waals surface area contributed by atoms with Crippen molar-refractivity contribution in [2.24, 2.45) is 5.73 Å². The highest BCUT2D eigenvalue weighted by Crippen LogP contribution is 2.17. The number of unbranched alkanes of at least 4 members (excludes halogenated alkanes) is 1. The first-order valence-electron chi connectivity index (χ1n) is 5.01. The summed E-state index contributed by atoms with van der Waals surface area (Å²) in [6.07, 6.45) is 2.29. The summed E-state index contributed by atoms with van der Waals surface area (Å²) >= 11 is 1.66. The molecule has 0 aliphatic carbocycles. The number of primary amides is 1. The van der Waals surface area contributed by atoms with Crippen LogP contribution in [0.1, 0.15) is 24.1 Å². The van der Waals surface area contributed by atoms with Crippen LogP contribution in [-0.4, -0.2) is 12.5 Å². The number of nitrogens with one attached hydrogen (secondary N) is 1. The molecule has 1 rings (SSSR count). The van der Waals surface area contributed by atoms with Crippen molar-refractivity contribution in [3.63, 3.8) is 0 Å². The van der Waals surface area contributed by atoms with Crippen LogP contribution in [0.15, 0.2) is 11.4 Å². The number of amides is 1. The van der Waals surface area contributed by atoms with E-state index < -0.39 is 0 Å². The molecule has 15 heavy (non-hydrogen) atoms. The van der Waals surface area contributed by atoms with Gasteiger partial charge in [-0.3, -0.25) is 4.79 Å². The van der Waals surface area contributed by atoms with Gasteiger partial charge in [0.25, 0.3) is 0 Å². The Bertz CT molecular complexity index is 311. The first-order chi connectivity index (χ1) is 7.20. The van der Waals surface area contributed by atoms with E-state index in [1.165, 1.54) is 4.88 Å². The van der Waals surface area contributed by atoms with Gasteiger partial charge in [-0.25, -0.2) is 0 Å². The van der Waals surface area contributed by atoms with Crippen LogP contribution in [0, 0.1) is 0 Å². The molecular weight excluding hydrogens is 210 g/mol. The molecule has 5 N–H and O–H groups in total. The van der Waals surface area contributed by atoms with E-state index in [1.807, 2.05) is 11.4 Å². The molecule has 84 valence electrons. The number of rotatable bonds is 7. The number of carbonyl (C=O) groups is 1. The Labute approximate surface area is 93.7 Å². The van der Waals surface area contributed by atoms with Crippen LogP contribution in [0.5, 0.6) is 0 Å². The molecule has 1 amide bonds. The first-order valence-corrected chi connectivity index (χ1v) is 5.89. The molecule has 0 bridgehead atoms. The quantitative estimate of drug-likeness (QED) is 0.610. The summed E-state index contributed by atoms with van der Waals surface area (Å²) in [5, 5.41) is 5.27. The molecule has 0 aliphatic rings. The summed E-state index contributed by atoms with van der Waals surface area (Å²) in [6, 6.07) is 1.91. The molecule has 1 aromatic rings. The van der Waals surface area contributed by atoms with Gasteiger partial charge in [0.05, 0.1) is 0 Å². The Morgan fingerprint density at radius 2 is 2.27 bits per heavy atom. The van der Waals surface area contributed by atoms with Crippen LogP contribution < -0.4 is 16.8 Å². The maximum absolute atomic E-state index is 10.5. The van der Waals surface area contributed by atoms with Gasteiger partial charge in [-0.2, -0.15) is 0 Å². The van der Waals surface area contributed by atoms with E-state index >= 15 is 0 Å². The maximum atomic E-state index is 10.5. The number of nitrogen functional groups attached to an aromatic ring is 1. The topological polar surface area (TPSA) is 81.1 Å². The zero-order valence-electron chi connectivity index (χ0n) is 8.66. The van der Waals surface area contributed by atoms with Crippen molar-refractivity contribution in [1.29, 1.82) is 0 Å². The molecule has 4 nitrogen and oxygen atoms in total. The molecule has 1 aromatic heterocycles. The molecule has 0 spiro atoms.